The molecule has 0 radical (unpaired) electrons. The number of hydrogen-bond acceptors (Lipinski definition) is 7. The molecule has 25 heavy (non-hydrogen) atoms. The van der Waals surface area contributed by atoms with Crippen LogP contribution < -0.4 is 9.47 Å². The number of ether oxygens (including phenoxy) is 2. The molecule has 8 nitrogen and oxygen atoms in total. The molecule has 4 aromatic rings. The van der Waals surface area contributed by atoms with Gasteiger partial charge in [-0.15, -0.1) is 10.2 Å². The standard InChI is InChI=1S/C17H15N5O3/c1-11-19-20-15-8-3-12(9-22(11)15)17-18-16(25-21-17)10-24-14-6-4-13(23-2)5-7-14/h3-9H,10H2,1-2H3. The smallest absolute Gasteiger partial charge is 0.264 e. The zero-order valence-electron chi connectivity index (χ0n) is 13.7. The van der Waals surface area contributed by atoms with E-state index in [1.807, 2.05) is 53.9 Å². The average molecular weight is 337 g/mol. The van der Waals surface area contributed by atoms with Crippen LogP contribution in [0.1, 0.15) is 11.7 Å². The number of aromatic nitrogens is 5. The molecule has 0 aliphatic carbocycles. The fourth-order valence-corrected chi connectivity index (χ4v) is 2.39. The molecule has 8 heteroatoms. The van der Waals surface area contributed by atoms with Crippen LogP contribution in [0.4, 0.5) is 0 Å². The van der Waals surface area contributed by atoms with Gasteiger partial charge >= 0.3 is 0 Å². The lowest BCUT2D eigenvalue weighted by Gasteiger charge is -2.04. The van der Waals surface area contributed by atoms with E-state index < -0.39 is 0 Å². The quantitative estimate of drug-likeness (QED) is 0.553. The summed E-state index contributed by atoms with van der Waals surface area (Å²) >= 11 is 0. The molecule has 1 aromatic carbocycles. The van der Waals surface area contributed by atoms with E-state index in [0.29, 0.717) is 17.5 Å². The number of aryl methyl sites for hydroxylation is 1. The molecule has 126 valence electrons. The van der Waals surface area contributed by atoms with E-state index in [0.717, 1.165) is 22.8 Å². The largest absolute Gasteiger partial charge is 0.497 e. The van der Waals surface area contributed by atoms with Gasteiger partial charge in [-0.25, -0.2) is 0 Å². The van der Waals surface area contributed by atoms with Crippen LogP contribution in [0.25, 0.3) is 17.0 Å². The summed E-state index contributed by atoms with van der Waals surface area (Å²) in [6.07, 6.45) is 1.88. The minimum Gasteiger partial charge on any atom is -0.497 e. The number of benzene rings is 1. The fraction of sp³-hybridized carbons (Fsp3) is 0.176. The van der Waals surface area contributed by atoms with Crippen molar-refractivity contribution in [1.82, 2.24) is 24.7 Å². The van der Waals surface area contributed by atoms with Gasteiger partial charge in [0.1, 0.15) is 17.3 Å². The van der Waals surface area contributed by atoms with Crippen molar-refractivity contribution in [3.63, 3.8) is 0 Å². The second-order valence-corrected chi connectivity index (χ2v) is 5.37. The van der Waals surface area contributed by atoms with Gasteiger partial charge in [0, 0.05) is 11.8 Å². The van der Waals surface area contributed by atoms with Crippen molar-refractivity contribution < 1.29 is 14.0 Å². The first-order chi connectivity index (χ1) is 12.2. The number of methoxy groups -OCH3 is 1. The molecule has 0 saturated heterocycles. The molecule has 0 bridgehead atoms. The van der Waals surface area contributed by atoms with Gasteiger partial charge in [-0.05, 0) is 43.3 Å². The Morgan fingerprint density at radius 3 is 2.64 bits per heavy atom. The summed E-state index contributed by atoms with van der Waals surface area (Å²) in [6.45, 7) is 2.07. The van der Waals surface area contributed by atoms with Crippen molar-refractivity contribution >= 4 is 5.65 Å². The number of pyridine rings is 1. The molecule has 0 atom stereocenters. The normalized spacial score (nSPS) is 11.0. The Bertz CT molecular complexity index is 1010. The number of rotatable bonds is 5. The molecule has 0 spiro atoms. The highest BCUT2D eigenvalue weighted by Gasteiger charge is 2.11. The van der Waals surface area contributed by atoms with Gasteiger partial charge in [-0.2, -0.15) is 4.98 Å². The number of hydrogen-bond donors (Lipinski definition) is 0. The van der Waals surface area contributed by atoms with Crippen molar-refractivity contribution in [1.29, 1.82) is 0 Å². The van der Waals surface area contributed by atoms with Crippen LogP contribution in [-0.2, 0) is 6.61 Å². The summed E-state index contributed by atoms with van der Waals surface area (Å²) in [5, 5.41) is 12.1. The maximum absolute atomic E-state index is 5.64. The monoisotopic (exact) mass is 337 g/mol. The maximum Gasteiger partial charge on any atom is 0.264 e. The lowest BCUT2D eigenvalue weighted by Crippen LogP contribution is -1.96. The minimum atomic E-state index is 0.188. The van der Waals surface area contributed by atoms with Crippen molar-refractivity contribution in [2.24, 2.45) is 0 Å². The van der Waals surface area contributed by atoms with Crippen LogP contribution in [0.3, 0.4) is 0 Å². The molecule has 0 fully saturated rings. The Hall–Kier alpha value is -3.42. The molecule has 4 rings (SSSR count). The minimum absolute atomic E-state index is 0.188. The lowest BCUT2D eigenvalue weighted by molar-refractivity contribution is 0.242. The highest BCUT2D eigenvalue weighted by atomic mass is 16.5. The first-order valence-electron chi connectivity index (χ1n) is 7.64. The fourth-order valence-electron chi connectivity index (χ4n) is 2.39. The summed E-state index contributed by atoms with van der Waals surface area (Å²) in [5.41, 5.74) is 1.59. The van der Waals surface area contributed by atoms with Crippen molar-refractivity contribution in [2.75, 3.05) is 7.11 Å². The third kappa shape index (κ3) is 3.01. The SMILES string of the molecule is COc1ccc(OCc2nc(-c3ccc4nnc(C)n4c3)no2)cc1. The van der Waals surface area contributed by atoms with E-state index in [9.17, 15) is 0 Å². The maximum atomic E-state index is 5.64. The van der Waals surface area contributed by atoms with Crippen LogP contribution in [0.15, 0.2) is 47.1 Å². The van der Waals surface area contributed by atoms with Gasteiger partial charge < -0.3 is 14.0 Å². The third-order valence-electron chi connectivity index (χ3n) is 3.72. The summed E-state index contributed by atoms with van der Waals surface area (Å²) in [7, 11) is 1.62. The first kappa shape index (κ1) is 15.1. The van der Waals surface area contributed by atoms with Crippen molar-refractivity contribution in [3.8, 4) is 22.9 Å². The van der Waals surface area contributed by atoms with E-state index in [4.69, 9.17) is 14.0 Å². The van der Waals surface area contributed by atoms with E-state index in [1.54, 1.807) is 7.11 Å². The zero-order valence-corrected chi connectivity index (χ0v) is 13.7. The van der Waals surface area contributed by atoms with Crippen LogP contribution in [0, 0.1) is 6.92 Å². The Kier molecular flexibility index (Phi) is 3.77. The van der Waals surface area contributed by atoms with Crippen LogP contribution in [-0.4, -0.2) is 31.8 Å². The molecular formula is C17H15N5O3. The highest BCUT2D eigenvalue weighted by molar-refractivity contribution is 5.56. The van der Waals surface area contributed by atoms with Gasteiger partial charge in [0.2, 0.25) is 5.82 Å². The van der Waals surface area contributed by atoms with E-state index in [1.165, 1.54) is 0 Å². The molecule has 0 amide bonds. The van der Waals surface area contributed by atoms with Crippen molar-refractivity contribution in [3.05, 3.63) is 54.3 Å². The Balaban J connectivity index is 1.49. The molecule has 0 N–H and O–H groups in total. The summed E-state index contributed by atoms with van der Waals surface area (Å²) < 4.78 is 17.9. The predicted octanol–water partition coefficient (Wildman–Crippen LogP) is 2.68. The van der Waals surface area contributed by atoms with E-state index in [-0.39, 0.29) is 6.61 Å². The van der Waals surface area contributed by atoms with Gasteiger partial charge in [-0.1, -0.05) is 5.16 Å². The van der Waals surface area contributed by atoms with Crippen molar-refractivity contribution in [2.45, 2.75) is 13.5 Å². The molecule has 0 aliphatic heterocycles. The van der Waals surface area contributed by atoms with Crippen LogP contribution in [0.2, 0.25) is 0 Å². The third-order valence-corrected chi connectivity index (χ3v) is 3.72. The Morgan fingerprint density at radius 1 is 1.04 bits per heavy atom. The Labute approximate surface area is 143 Å². The summed E-state index contributed by atoms with van der Waals surface area (Å²) in [5.74, 6) is 3.15. The highest BCUT2D eigenvalue weighted by Crippen LogP contribution is 2.20. The summed E-state index contributed by atoms with van der Waals surface area (Å²) in [6, 6.07) is 11.0. The number of nitrogens with zero attached hydrogens (tertiary/aromatic N) is 5. The van der Waals surface area contributed by atoms with Gasteiger partial charge in [0.15, 0.2) is 12.3 Å². The topological polar surface area (TPSA) is 87.6 Å². The van der Waals surface area contributed by atoms with Gasteiger partial charge in [0.25, 0.3) is 5.89 Å². The Morgan fingerprint density at radius 2 is 1.84 bits per heavy atom. The summed E-state index contributed by atoms with van der Waals surface area (Å²) in [4.78, 5) is 4.37. The predicted molar refractivity (Wildman–Crippen MR) is 88.3 cm³/mol. The number of fused-ring (bicyclic) bond motifs is 1. The van der Waals surface area contributed by atoms with E-state index in [2.05, 4.69) is 20.3 Å². The molecule has 0 aliphatic rings. The lowest BCUT2D eigenvalue weighted by atomic mass is 10.2. The molecular weight excluding hydrogens is 322 g/mol. The molecule has 3 aromatic heterocycles. The first-order valence-corrected chi connectivity index (χ1v) is 7.64. The van der Waals surface area contributed by atoms with Crippen LogP contribution >= 0.6 is 0 Å². The zero-order chi connectivity index (χ0) is 17.2. The second-order valence-electron chi connectivity index (χ2n) is 5.37. The average Bonchev–Trinajstić information content (AvgIpc) is 3.27. The molecule has 0 saturated carbocycles. The van der Waals surface area contributed by atoms with Crippen LogP contribution in [0.5, 0.6) is 11.5 Å². The van der Waals surface area contributed by atoms with Gasteiger partial charge in [0.05, 0.1) is 7.11 Å². The second kappa shape index (κ2) is 6.23. The molecule has 0 unspecified atom stereocenters. The van der Waals surface area contributed by atoms with Gasteiger partial charge in [-0.3, -0.25) is 4.40 Å². The van der Waals surface area contributed by atoms with E-state index >= 15 is 0 Å². The molecule has 3 heterocycles.